The van der Waals surface area contributed by atoms with Gasteiger partial charge in [0.25, 0.3) is 0 Å². The molecule has 0 unspecified atom stereocenters. The normalized spacial score (nSPS) is 18.8. The molecule has 0 atom stereocenters. The number of hydrogen-bond donors (Lipinski definition) is 1. The molecule has 4 heteroatoms. The number of nitrogens with two attached hydrogens (primary N) is 1. The molecule has 0 bridgehead atoms. The maximum atomic E-state index is 5.66. The van der Waals surface area contributed by atoms with E-state index in [4.69, 9.17) is 22.7 Å². The minimum absolute atomic E-state index is 0.465. The molecule has 1 rings (SSSR count). The zero-order chi connectivity index (χ0) is 11.8. The van der Waals surface area contributed by atoms with Crippen molar-refractivity contribution in [3.8, 4) is 0 Å². The summed E-state index contributed by atoms with van der Waals surface area (Å²) < 4.78 is 5.56. The van der Waals surface area contributed by atoms with E-state index in [1.54, 1.807) is 0 Å². The maximum absolute atomic E-state index is 5.66. The number of thiocarbonyl (C=S) groups is 1. The van der Waals surface area contributed by atoms with Gasteiger partial charge in [0.1, 0.15) is 0 Å². The third-order valence-corrected chi connectivity index (χ3v) is 3.52. The number of piperidine rings is 1. The summed E-state index contributed by atoms with van der Waals surface area (Å²) in [4.78, 5) is 3.14. The van der Waals surface area contributed by atoms with Crippen molar-refractivity contribution in [3.63, 3.8) is 0 Å². The first-order chi connectivity index (χ1) is 7.74. The van der Waals surface area contributed by atoms with Crippen LogP contribution >= 0.6 is 12.2 Å². The van der Waals surface area contributed by atoms with Crippen LogP contribution in [0.25, 0.3) is 0 Å². The predicted molar refractivity (Wildman–Crippen MR) is 71.7 cm³/mol. The number of rotatable bonds is 7. The molecule has 1 saturated heterocycles. The molecule has 0 aliphatic carbocycles. The van der Waals surface area contributed by atoms with E-state index in [0.717, 1.165) is 45.7 Å². The Morgan fingerprint density at radius 3 is 2.62 bits per heavy atom. The molecule has 0 saturated carbocycles. The highest BCUT2D eigenvalue weighted by Crippen LogP contribution is 2.16. The molecule has 0 aromatic heterocycles. The van der Waals surface area contributed by atoms with Crippen LogP contribution in [-0.4, -0.2) is 42.7 Å². The van der Waals surface area contributed by atoms with Gasteiger partial charge in [-0.1, -0.05) is 25.6 Å². The lowest BCUT2D eigenvalue weighted by Gasteiger charge is -2.31. The number of hydrogen-bond acceptors (Lipinski definition) is 3. The molecule has 1 aliphatic heterocycles. The highest BCUT2D eigenvalue weighted by molar-refractivity contribution is 7.80. The summed E-state index contributed by atoms with van der Waals surface area (Å²) >= 11 is 5.02. The third-order valence-electron chi connectivity index (χ3n) is 3.18. The van der Waals surface area contributed by atoms with Crippen molar-refractivity contribution in [1.29, 1.82) is 0 Å². The molecular formula is C12H24N2OS. The lowest BCUT2D eigenvalue weighted by atomic mass is 9.97. The Balaban J connectivity index is 2.02. The fourth-order valence-electron chi connectivity index (χ4n) is 1.98. The van der Waals surface area contributed by atoms with Gasteiger partial charge in [0.2, 0.25) is 0 Å². The molecule has 1 aliphatic rings. The summed E-state index contributed by atoms with van der Waals surface area (Å²) in [5.41, 5.74) is 5.66. The van der Waals surface area contributed by atoms with Crippen LogP contribution < -0.4 is 5.73 Å². The summed E-state index contributed by atoms with van der Waals surface area (Å²) in [6.45, 7) is 7.22. The first-order valence-corrected chi connectivity index (χ1v) is 6.74. The second-order valence-electron chi connectivity index (χ2n) is 4.48. The van der Waals surface area contributed by atoms with Crippen LogP contribution in [0, 0.1) is 5.92 Å². The summed E-state index contributed by atoms with van der Waals surface area (Å²) in [7, 11) is 0. The predicted octanol–water partition coefficient (Wildman–Crippen LogP) is 1.80. The largest absolute Gasteiger partial charge is 0.393 e. The van der Waals surface area contributed by atoms with Crippen molar-refractivity contribution in [1.82, 2.24) is 4.90 Å². The van der Waals surface area contributed by atoms with E-state index in [1.807, 2.05) is 0 Å². The molecule has 3 nitrogen and oxygen atoms in total. The lowest BCUT2D eigenvalue weighted by Crippen LogP contribution is -2.39. The van der Waals surface area contributed by atoms with Gasteiger partial charge in [-0.3, -0.25) is 0 Å². The fourth-order valence-corrected chi connectivity index (χ4v) is 2.22. The van der Waals surface area contributed by atoms with Crippen molar-refractivity contribution in [2.75, 3.05) is 32.8 Å². The zero-order valence-corrected chi connectivity index (χ0v) is 11.1. The molecular weight excluding hydrogens is 220 g/mol. The minimum Gasteiger partial charge on any atom is -0.393 e. The van der Waals surface area contributed by atoms with Crippen LogP contribution in [0.15, 0.2) is 0 Å². The van der Waals surface area contributed by atoms with Gasteiger partial charge in [0.05, 0.1) is 11.6 Å². The van der Waals surface area contributed by atoms with Crippen LogP contribution in [0.5, 0.6) is 0 Å². The zero-order valence-electron chi connectivity index (χ0n) is 10.3. The van der Waals surface area contributed by atoms with Gasteiger partial charge in [0, 0.05) is 19.1 Å². The average Bonchev–Trinajstić information content (AvgIpc) is 2.29. The first-order valence-electron chi connectivity index (χ1n) is 6.33. The second-order valence-corrected chi connectivity index (χ2v) is 4.96. The lowest BCUT2D eigenvalue weighted by molar-refractivity contribution is 0.0915. The second kappa shape index (κ2) is 7.98. The molecule has 16 heavy (non-hydrogen) atoms. The molecule has 0 amide bonds. The number of ether oxygens (including phenoxy) is 1. The Labute approximate surface area is 104 Å². The Kier molecular flexibility index (Phi) is 6.92. The van der Waals surface area contributed by atoms with Crippen LogP contribution in [0.2, 0.25) is 0 Å². The monoisotopic (exact) mass is 244 g/mol. The first kappa shape index (κ1) is 13.9. The molecule has 0 aromatic carbocycles. The van der Waals surface area contributed by atoms with Gasteiger partial charge in [-0.05, 0) is 32.4 Å². The highest BCUT2D eigenvalue weighted by atomic mass is 32.1. The van der Waals surface area contributed by atoms with Gasteiger partial charge >= 0.3 is 0 Å². The molecule has 94 valence electrons. The van der Waals surface area contributed by atoms with Gasteiger partial charge < -0.3 is 15.4 Å². The number of likely N-dealkylation sites (tertiary alicyclic amines) is 1. The Hall–Kier alpha value is -0.190. The van der Waals surface area contributed by atoms with Crippen molar-refractivity contribution in [3.05, 3.63) is 0 Å². The van der Waals surface area contributed by atoms with Crippen molar-refractivity contribution < 1.29 is 4.74 Å². The summed E-state index contributed by atoms with van der Waals surface area (Å²) in [5.74, 6) is 0.465. The van der Waals surface area contributed by atoms with E-state index in [-0.39, 0.29) is 0 Å². The van der Waals surface area contributed by atoms with E-state index in [9.17, 15) is 0 Å². The van der Waals surface area contributed by atoms with Crippen molar-refractivity contribution in [2.45, 2.75) is 32.6 Å². The molecule has 0 aromatic rings. The molecule has 0 radical (unpaired) electrons. The van der Waals surface area contributed by atoms with E-state index >= 15 is 0 Å². The SMILES string of the molecule is CCCCOCCN1CCC(C(N)=S)CC1. The fraction of sp³-hybridized carbons (Fsp3) is 0.917. The molecule has 1 heterocycles. The third kappa shape index (κ3) is 5.23. The Morgan fingerprint density at radius 1 is 1.38 bits per heavy atom. The molecule has 1 fully saturated rings. The van der Waals surface area contributed by atoms with Crippen LogP contribution in [0.1, 0.15) is 32.6 Å². The average molecular weight is 244 g/mol. The molecule has 0 spiro atoms. The smallest absolute Gasteiger partial charge is 0.0759 e. The summed E-state index contributed by atoms with van der Waals surface area (Å²) in [6.07, 6.45) is 4.61. The van der Waals surface area contributed by atoms with Gasteiger partial charge in [-0.15, -0.1) is 0 Å². The number of unbranched alkanes of at least 4 members (excludes halogenated alkanes) is 1. The van der Waals surface area contributed by atoms with Crippen molar-refractivity contribution >= 4 is 17.2 Å². The van der Waals surface area contributed by atoms with Gasteiger partial charge in [-0.25, -0.2) is 0 Å². The quantitative estimate of drug-likeness (QED) is 0.547. The minimum atomic E-state index is 0.465. The van der Waals surface area contributed by atoms with E-state index < -0.39 is 0 Å². The highest BCUT2D eigenvalue weighted by Gasteiger charge is 2.20. The topological polar surface area (TPSA) is 38.5 Å². The number of nitrogens with zero attached hydrogens (tertiary/aromatic N) is 1. The van der Waals surface area contributed by atoms with Crippen LogP contribution in [0.3, 0.4) is 0 Å². The summed E-state index contributed by atoms with van der Waals surface area (Å²) in [5, 5.41) is 0. The standard InChI is InChI=1S/C12H24N2OS/c1-2-3-9-15-10-8-14-6-4-11(5-7-14)12(13)16/h11H,2-10H2,1H3,(H2,13,16). The maximum Gasteiger partial charge on any atom is 0.0759 e. The van der Waals surface area contributed by atoms with E-state index in [0.29, 0.717) is 10.9 Å². The summed E-state index contributed by atoms with van der Waals surface area (Å²) in [6, 6.07) is 0. The van der Waals surface area contributed by atoms with Crippen LogP contribution in [-0.2, 0) is 4.74 Å². The van der Waals surface area contributed by atoms with E-state index in [1.165, 1.54) is 12.8 Å². The Morgan fingerprint density at radius 2 is 2.06 bits per heavy atom. The van der Waals surface area contributed by atoms with Crippen molar-refractivity contribution in [2.24, 2.45) is 11.7 Å². The molecule has 2 N–H and O–H groups in total. The van der Waals surface area contributed by atoms with Gasteiger partial charge in [0.15, 0.2) is 0 Å². The van der Waals surface area contributed by atoms with Gasteiger partial charge in [-0.2, -0.15) is 0 Å². The van der Waals surface area contributed by atoms with E-state index in [2.05, 4.69) is 11.8 Å². The van der Waals surface area contributed by atoms with Crippen LogP contribution in [0.4, 0.5) is 0 Å². The Bertz CT molecular complexity index is 203.